The van der Waals surface area contributed by atoms with Crippen LogP contribution >= 0.6 is 0 Å². The fourth-order valence-electron chi connectivity index (χ4n) is 2.71. The third-order valence-corrected chi connectivity index (χ3v) is 4.01. The summed E-state index contributed by atoms with van der Waals surface area (Å²) in [6, 6.07) is 2.51. The average Bonchev–Trinajstić information content (AvgIpc) is 2.69. The summed E-state index contributed by atoms with van der Waals surface area (Å²) in [5, 5.41) is 8.18. The van der Waals surface area contributed by atoms with Gasteiger partial charge in [-0.3, -0.25) is 9.67 Å². The van der Waals surface area contributed by atoms with E-state index >= 15 is 0 Å². The van der Waals surface area contributed by atoms with Crippen LogP contribution in [0.1, 0.15) is 47.5 Å². The van der Waals surface area contributed by atoms with Crippen molar-refractivity contribution < 1.29 is 0 Å². The van der Waals surface area contributed by atoms with Crippen LogP contribution in [0.4, 0.5) is 0 Å². The zero-order valence-electron chi connectivity index (χ0n) is 13.8. The molecule has 0 saturated heterocycles. The molecule has 4 nitrogen and oxygen atoms in total. The van der Waals surface area contributed by atoms with Gasteiger partial charge < -0.3 is 5.32 Å². The molecule has 0 amide bonds. The van der Waals surface area contributed by atoms with E-state index in [0.717, 1.165) is 25.1 Å². The highest BCUT2D eigenvalue weighted by Crippen LogP contribution is 2.22. The SMILES string of the molecule is CCCNC(Cc1c(C)nn(C)c1C)c1cncc(C)c1. The molecule has 2 rings (SSSR count). The number of aromatic nitrogens is 3. The molecule has 0 saturated carbocycles. The number of nitrogens with one attached hydrogen (secondary N) is 1. The van der Waals surface area contributed by atoms with Gasteiger partial charge in [0.15, 0.2) is 0 Å². The Morgan fingerprint density at radius 2 is 2.00 bits per heavy atom. The Labute approximate surface area is 127 Å². The zero-order chi connectivity index (χ0) is 15.4. The van der Waals surface area contributed by atoms with E-state index in [-0.39, 0.29) is 0 Å². The smallest absolute Gasteiger partial charge is 0.0629 e. The van der Waals surface area contributed by atoms with Crippen molar-refractivity contribution in [1.29, 1.82) is 0 Å². The third kappa shape index (κ3) is 3.70. The van der Waals surface area contributed by atoms with Crippen molar-refractivity contribution in [1.82, 2.24) is 20.1 Å². The van der Waals surface area contributed by atoms with Gasteiger partial charge in [0.1, 0.15) is 0 Å². The molecule has 2 aromatic heterocycles. The van der Waals surface area contributed by atoms with E-state index in [4.69, 9.17) is 0 Å². The Morgan fingerprint density at radius 3 is 2.57 bits per heavy atom. The number of nitrogens with zero attached hydrogens (tertiary/aromatic N) is 3. The molecular weight excluding hydrogens is 260 g/mol. The lowest BCUT2D eigenvalue weighted by Gasteiger charge is -2.19. The summed E-state index contributed by atoms with van der Waals surface area (Å²) >= 11 is 0. The largest absolute Gasteiger partial charge is 0.310 e. The van der Waals surface area contributed by atoms with Crippen molar-refractivity contribution in [2.24, 2.45) is 7.05 Å². The van der Waals surface area contributed by atoms with Crippen molar-refractivity contribution in [2.75, 3.05) is 6.54 Å². The Kier molecular flexibility index (Phi) is 5.12. The second kappa shape index (κ2) is 6.85. The molecule has 0 fully saturated rings. The topological polar surface area (TPSA) is 42.7 Å². The molecule has 2 aromatic rings. The molecule has 0 aliphatic rings. The predicted molar refractivity (Wildman–Crippen MR) is 86.4 cm³/mol. The minimum atomic E-state index is 0.291. The number of pyridine rings is 1. The minimum Gasteiger partial charge on any atom is -0.310 e. The van der Waals surface area contributed by atoms with Gasteiger partial charge in [0.2, 0.25) is 0 Å². The number of rotatable bonds is 6. The maximum absolute atomic E-state index is 4.53. The second-order valence-corrected chi connectivity index (χ2v) is 5.78. The molecule has 0 bridgehead atoms. The maximum atomic E-state index is 4.53. The maximum Gasteiger partial charge on any atom is 0.0629 e. The fraction of sp³-hybridized carbons (Fsp3) is 0.529. The number of hydrogen-bond donors (Lipinski definition) is 1. The fourth-order valence-corrected chi connectivity index (χ4v) is 2.71. The van der Waals surface area contributed by atoms with Crippen LogP contribution in [0.5, 0.6) is 0 Å². The molecule has 21 heavy (non-hydrogen) atoms. The second-order valence-electron chi connectivity index (χ2n) is 5.78. The molecule has 1 unspecified atom stereocenters. The van der Waals surface area contributed by atoms with Crippen molar-refractivity contribution in [3.8, 4) is 0 Å². The van der Waals surface area contributed by atoms with Gasteiger partial charge in [-0.15, -0.1) is 0 Å². The highest BCUT2D eigenvalue weighted by atomic mass is 15.3. The molecule has 0 aliphatic heterocycles. The summed E-state index contributed by atoms with van der Waals surface area (Å²) in [7, 11) is 2.01. The van der Waals surface area contributed by atoms with Crippen LogP contribution in [0, 0.1) is 20.8 Å². The van der Waals surface area contributed by atoms with Gasteiger partial charge >= 0.3 is 0 Å². The standard InChI is InChI=1S/C17H26N4/c1-6-7-19-17(15-8-12(2)10-18-11-15)9-16-13(3)20-21(5)14(16)4/h8,10-11,17,19H,6-7,9H2,1-5H3. The van der Waals surface area contributed by atoms with Crippen LogP contribution in [0.3, 0.4) is 0 Å². The van der Waals surface area contributed by atoms with Crippen molar-refractivity contribution in [3.05, 3.63) is 46.5 Å². The lowest BCUT2D eigenvalue weighted by Crippen LogP contribution is -2.24. The summed E-state index contributed by atoms with van der Waals surface area (Å²) < 4.78 is 1.97. The van der Waals surface area contributed by atoms with E-state index in [1.165, 1.54) is 22.4 Å². The summed E-state index contributed by atoms with van der Waals surface area (Å²) in [4.78, 5) is 4.34. The van der Waals surface area contributed by atoms with E-state index in [0.29, 0.717) is 6.04 Å². The normalized spacial score (nSPS) is 12.6. The summed E-state index contributed by atoms with van der Waals surface area (Å²) in [5.41, 5.74) is 6.17. The molecule has 2 heterocycles. The van der Waals surface area contributed by atoms with E-state index in [2.05, 4.69) is 49.2 Å². The minimum absolute atomic E-state index is 0.291. The monoisotopic (exact) mass is 286 g/mol. The lowest BCUT2D eigenvalue weighted by atomic mass is 9.98. The lowest BCUT2D eigenvalue weighted by molar-refractivity contribution is 0.525. The first-order valence-electron chi connectivity index (χ1n) is 7.67. The summed E-state index contributed by atoms with van der Waals surface area (Å²) in [6.07, 6.45) is 5.96. The van der Waals surface area contributed by atoms with Gasteiger partial charge in [-0.2, -0.15) is 5.10 Å². The molecule has 114 valence electrons. The molecule has 0 spiro atoms. The molecule has 0 aliphatic carbocycles. The van der Waals surface area contributed by atoms with E-state index in [1.807, 2.05) is 24.1 Å². The zero-order valence-corrected chi connectivity index (χ0v) is 13.8. The molecule has 1 N–H and O–H groups in total. The van der Waals surface area contributed by atoms with Gasteiger partial charge in [-0.05, 0) is 56.8 Å². The summed E-state index contributed by atoms with van der Waals surface area (Å²) in [6.45, 7) is 9.53. The molecular formula is C17H26N4. The van der Waals surface area contributed by atoms with Gasteiger partial charge in [0, 0.05) is 31.2 Å². The van der Waals surface area contributed by atoms with Crippen LogP contribution in [0.15, 0.2) is 18.5 Å². The van der Waals surface area contributed by atoms with Crippen LogP contribution in [0.25, 0.3) is 0 Å². The number of hydrogen-bond acceptors (Lipinski definition) is 3. The van der Waals surface area contributed by atoms with E-state index < -0.39 is 0 Å². The Morgan fingerprint density at radius 1 is 1.24 bits per heavy atom. The van der Waals surface area contributed by atoms with E-state index in [1.54, 1.807) is 0 Å². The highest BCUT2D eigenvalue weighted by molar-refractivity contribution is 5.29. The summed E-state index contributed by atoms with van der Waals surface area (Å²) in [5.74, 6) is 0. The van der Waals surface area contributed by atoms with Crippen LogP contribution in [-0.4, -0.2) is 21.3 Å². The van der Waals surface area contributed by atoms with Crippen LogP contribution < -0.4 is 5.32 Å². The van der Waals surface area contributed by atoms with Crippen LogP contribution in [0.2, 0.25) is 0 Å². The molecule has 1 atom stereocenters. The Bertz CT molecular complexity index is 601. The van der Waals surface area contributed by atoms with Gasteiger partial charge in [-0.1, -0.05) is 13.0 Å². The predicted octanol–water partition coefficient (Wildman–Crippen LogP) is 3.02. The molecule has 0 aromatic carbocycles. The molecule has 4 heteroatoms. The Hall–Kier alpha value is -1.68. The van der Waals surface area contributed by atoms with Crippen LogP contribution in [-0.2, 0) is 13.5 Å². The first-order chi connectivity index (χ1) is 10.0. The quantitative estimate of drug-likeness (QED) is 0.887. The van der Waals surface area contributed by atoms with Gasteiger partial charge in [0.25, 0.3) is 0 Å². The number of aryl methyl sites for hydroxylation is 3. The van der Waals surface area contributed by atoms with Gasteiger partial charge in [-0.25, -0.2) is 0 Å². The Balaban J connectivity index is 2.28. The highest BCUT2D eigenvalue weighted by Gasteiger charge is 2.17. The first-order valence-corrected chi connectivity index (χ1v) is 7.67. The average molecular weight is 286 g/mol. The van der Waals surface area contributed by atoms with Crippen molar-refractivity contribution >= 4 is 0 Å². The van der Waals surface area contributed by atoms with E-state index in [9.17, 15) is 0 Å². The molecule has 0 radical (unpaired) electrons. The van der Waals surface area contributed by atoms with Crippen molar-refractivity contribution in [2.45, 2.75) is 46.6 Å². The van der Waals surface area contributed by atoms with Gasteiger partial charge in [0.05, 0.1) is 5.69 Å². The third-order valence-electron chi connectivity index (χ3n) is 4.01. The van der Waals surface area contributed by atoms with Crippen molar-refractivity contribution in [3.63, 3.8) is 0 Å². The first kappa shape index (κ1) is 15.7.